The molecule has 6 heteroatoms. The van der Waals surface area contributed by atoms with Crippen LogP contribution < -0.4 is 5.32 Å². The lowest BCUT2D eigenvalue weighted by Crippen LogP contribution is -2.47. The Morgan fingerprint density at radius 2 is 2.21 bits per heavy atom. The van der Waals surface area contributed by atoms with Crippen LogP contribution >= 0.6 is 11.3 Å². The van der Waals surface area contributed by atoms with Crippen molar-refractivity contribution in [1.29, 1.82) is 0 Å². The molecule has 2 aliphatic rings. The van der Waals surface area contributed by atoms with E-state index in [0.29, 0.717) is 18.1 Å². The molecule has 0 radical (unpaired) electrons. The summed E-state index contributed by atoms with van der Waals surface area (Å²) >= 11 is 1.84. The van der Waals surface area contributed by atoms with Crippen molar-refractivity contribution in [3.05, 3.63) is 22.4 Å². The first-order chi connectivity index (χ1) is 13.7. The molecule has 0 aromatic carbocycles. The van der Waals surface area contributed by atoms with E-state index in [-0.39, 0.29) is 0 Å². The highest BCUT2D eigenvalue weighted by atomic mass is 32.1. The largest absolute Gasteiger partial charge is 0.376 e. The Hall–Kier alpha value is -1.11. The molecule has 5 nitrogen and oxygen atoms in total. The van der Waals surface area contributed by atoms with Gasteiger partial charge in [0.15, 0.2) is 5.96 Å². The van der Waals surface area contributed by atoms with Crippen LogP contribution in [0, 0.1) is 5.92 Å². The summed E-state index contributed by atoms with van der Waals surface area (Å²) in [6.45, 7) is 9.91. The Kier molecular flexibility index (Phi) is 9.09. The van der Waals surface area contributed by atoms with Gasteiger partial charge in [-0.1, -0.05) is 13.0 Å². The summed E-state index contributed by atoms with van der Waals surface area (Å²) < 4.78 is 11.9. The van der Waals surface area contributed by atoms with E-state index in [1.165, 1.54) is 17.7 Å². The van der Waals surface area contributed by atoms with Crippen molar-refractivity contribution in [3.63, 3.8) is 0 Å². The third-order valence-corrected chi connectivity index (χ3v) is 6.45. The van der Waals surface area contributed by atoms with Crippen LogP contribution in [0.2, 0.25) is 0 Å². The first kappa shape index (κ1) is 21.6. The number of likely N-dealkylation sites (tertiary alicyclic amines) is 1. The molecule has 158 valence electrons. The molecule has 2 atom stereocenters. The molecule has 3 heterocycles. The highest BCUT2D eigenvalue weighted by Gasteiger charge is 2.23. The van der Waals surface area contributed by atoms with Crippen LogP contribution in [-0.4, -0.2) is 62.5 Å². The standard InChI is InChI=1S/C22H37N3O2S/c1-3-23-22(24-16-18(2)15-21-8-6-14-28-21)25-11-9-19(10-12-25)27-17-20-7-4-5-13-26-20/h6,8,14,18-20H,3-5,7,9-13,15-17H2,1-2H3,(H,23,24). The van der Waals surface area contributed by atoms with Gasteiger partial charge in [-0.3, -0.25) is 4.99 Å². The third-order valence-electron chi connectivity index (χ3n) is 5.55. The van der Waals surface area contributed by atoms with Gasteiger partial charge in [-0.2, -0.15) is 0 Å². The fourth-order valence-electron chi connectivity index (χ4n) is 3.92. The molecular weight excluding hydrogens is 370 g/mol. The number of rotatable bonds is 8. The van der Waals surface area contributed by atoms with E-state index in [2.05, 4.69) is 41.6 Å². The number of guanidine groups is 1. The monoisotopic (exact) mass is 407 g/mol. The molecule has 2 unspecified atom stereocenters. The van der Waals surface area contributed by atoms with Crippen LogP contribution in [0.15, 0.2) is 22.5 Å². The van der Waals surface area contributed by atoms with E-state index in [1.807, 2.05) is 11.3 Å². The SMILES string of the molecule is CCNC(=NCC(C)Cc1cccs1)N1CCC(OCC2CCCCO2)CC1. The van der Waals surface area contributed by atoms with Crippen molar-refractivity contribution in [1.82, 2.24) is 10.2 Å². The van der Waals surface area contributed by atoms with E-state index in [4.69, 9.17) is 14.5 Å². The first-order valence-corrected chi connectivity index (χ1v) is 11.9. The molecule has 3 rings (SSSR count). The normalized spacial score (nSPS) is 23.0. The number of ether oxygens (including phenoxy) is 2. The highest BCUT2D eigenvalue weighted by molar-refractivity contribution is 7.09. The van der Waals surface area contributed by atoms with Gasteiger partial charge >= 0.3 is 0 Å². The van der Waals surface area contributed by atoms with Crippen molar-refractivity contribution in [2.24, 2.45) is 10.9 Å². The van der Waals surface area contributed by atoms with Crippen LogP contribution in [0.25, 0.3) is 0 Å². The predicted octanol–water partition coefficient (Wildman–Crippen LogP) is 3.94. The van der Waals surface area contributed by atoms with Gasteiger partial charge in [0.2, 0.25) is 0 Å². The zero-order valence-electron chi connectivity index (χ0n) is 17.6. The number of aliphatic imine (C=N–C) groups is 1. The molecule has 0 saturated carbocycles. The minimum atomic E-state index is 0.315. The van der Waals surface area contributed by atoms with Crippen molar-refractivity contribution in [3.8, 4) is 0 Å². The summed E-state index contributed by atoms with van der Waals surface area (Å²) in [6.07, 6.45) is 7.56. The van der Waals surface area contributed by atoms with Crippen LogP contribution in [0.4, 0.5) is 0 Å². The van der Waals surface area contributed by atoms with E-state index in [9.17, 15) is 0 Å². The fraction of sp³-hybridized carbons (Fsp3) is 0.773. The molecule has 28 heavy (non-hydrogen) atoms. The number of hydrogen-bond acceptors (Lipinski definition) is 4. The number of piperidine rings is 1. The number of nitrogens with zero attached hydrogens (tertiary/aromatic N) is 2. The van der Waals surface area contributed by atoms with Crippen molar-refractivity contribution in [2.45, 2.75) is 64.6 Å². The lowest BCUT2D eigenvalue weighted by Gasteiger charge is -2.35. The van der Waals surface area contributed by atoms with Crippen molar-refractivity contribution >= 4 is 17.3 Å². The second kappa shape index (κ2) is 11.8. The summed E-state index contributed by atoms with van der Waals surface area (Å²) in [4.78, 5) is 8.79. The smallest absolute Gasteiger partial charge is 0.193 e. The molecule has 1 aromatic rings. The first-order valence-electron chi connectivity index (χ1n) is 11.0. The zero-order chi connectivity index (χ0) is 19.6. The van der Waals surface area contributed by atoms with Crippen molar-refractivity contribution in [2.75, 3.05) is 39.4 Å². The number of hydrogen-bond donors (Lipinski definition) is 1. The summed E-state index contributed by atoms with van der Waals surface area (Å²) in [5, 5.41) is 5.64. The Balaban J connectivity index is 1.41. The maximum absolute atomic E-state index is 6.16. The average Bonchev–Trinajstić information content (AvgIpc) is 3.24. The molecular formula is C22H37N3O2S. The van der Waals surface area contributed by atoms with E-state index >= 15 is 0 Å². The molecule has 2 saturated heterocycles. The van der Waals surface area contributed by atoms with Gasteiger partial charge in [-0.05, 0) is 62.8 Å². The summed E-state index contributed by atoms with van der Waals surface area (Å²) in [5.41, 5.74) is 0. The molecule has 0 bridgehead atoms. The molecule has 0 amide bonds. The fourth-order valence-corrected chi connectivity index (χ4v) is 4.79. The van der Waals surface area contributed by atoms with Crippen LogP contribution in [-0.2, 0) is 15.9 Å². The summed E-state index contributed by atoms with van der Waals surface area (Å²) in [5.74, 6) is 1.62. The van der Waals surface area contributed by atoms with Gasteiger partial charge in [-0.25, -0.2) is 0 Å². The summed E-state index contributed by atoms with van der Waals surface area (Å²) in [6, 6.07) is 4.35. The van der Waals surface area contributed by atoms with Gasteiger partial charge in [-0.15, -0.1) is 11.3 Å². The number of thiophene rings is 1. The Morgan fingerprint density at radius 3 is 2.89 bits per heavy atom. The quantitative estimate of drug-likeness (QED) is 0.524. The van der Waals surface area contributed by atoms with Crippen molar-refractivity contribution < 1.29 is 9.47 Å². The van der Waals surface area contributed by atoms with Gasteiger partial charge in [0.25, 0.3) is 0 Å². The summed E-state index contributed by atoms with van der Waals surface area (Å²) in [7, 11) is 0. The lowest BCUT2D eigenvalue weighted by atomic mass is 10.1. The molecule has 1 N–H and O–H groups in total. The topological polar surface area (TPSA) is 46.1 Å². The maximum Gasteiger partial charge on any atom is 0.193 e. The Labute approximate surface area is 174 Å². The predicted molar refractivity (Wildman–Crippen MR) is 117 cm³/mol. The molecule has 2 aliphatic heterocycles. The third kappa shape index (κ3) is 7.05. The van der Waals surface area contributed by atoms with Gasteiger partial charge in [0, 0.05) is 37.7 Å². The average molecular weight is 408 g/mol. The second-order valence-electron chi connectivity index (χ2n) is 8.09. The van der Waals surface area contributed by atoms with E-state index in [0.717, 1.165) is 71.0 Å². The molecule has 1 aromatic heterocycles. The lowest BCUT2D eigenvalue weighted by molar-refractivity contribution is -0.0721. The van der Waals surface area contributed by atoms with E-state index < -0.39 is 0 Å². The molecule has 0 spiro atoms. The molecule has 0 aliphatic carbocycles. The van der Waals surface area contributed by atoms with Gasteiger partial charge in [0.1, 0.15) is 0 Å². The maximum atomic E-state index is 6.16. The van der Waals surface area contributed by atoms with Gasteiger partial charge < -0.3 is 19.7 Å². The second-order valence-corrected chi connectivity index (χ2v) is 9.12. The Morgan fingerprint density at radius 1 is 1.36 bits per heavy atom. The minimum absolute atomic E-state index is 0.315. The van der Waals surface area contributed by atoms with Crippen LogP contribution in [0.3, 0.4) is 0 Å². The Bertz CT molecular complexity index is 564. The molecule has 2 fully saturated rings. The van der Waals surface area contributed by atoms with Crippen LogP contribution in [0.1, 0.15) is 50.8 Å². The minimum Gasteiger partial charge on any atom is -0.376 e. The van der Waals surface area contributed by atoms with Crippen LogP contribution in [0.5, 0.6) is 0 Å². The zero-order valence-corrected chi connectivity index (χ0v) is 18.4. The van der Waals surface area contributed by atoms with E-state index in [1.54, 1.807) is 0 Å². The number of nitrogens with one attached hydrogen (secondary N) is 1. The highest BCUT2D eigenvalue weighted by Crippen LogP contribution is 2.18. The van der Waals surface area contributed by atoms with Gasteiger partial charge in [0.05, 0.1) is 18.8 Å².